The third kappa shape index (κ3) is 6.00. The Morgan fingerprint density at radius 1 is 1.09 bits per heavy atom. The highest BCUT2D eigenvalue weighted by Crippen LogP contribution is 2.40. The summed E-state index contributed by atoms with van der Waals surface area (Å²) in [6, 6.07) is 13.5. The van der Waals surface area contributed by atoms with Gasteiger partial charge in [0.05, 0.1) is 16.5 Å². The number of rotatable bonds is 6. The van der Waals surface area contributed by atoms with Crippen LogP contribution in [0.4, 0.5) is 24.5 Å². The van der Waals surface area contributed by atoms with Gasteiger partial charge < -0.3 is 15.5 Å². The van der Waals surface area contributed by atoms with Crippen molar-refractivity contribution in [3.63, 3.8) is 0 Å². The van der Waals surface area contributed by atoms with Crippen molar-refractivity contribution in [3.05, 3.63) is 54.1 Å². The summed E-state index contributed by atoms with van der Waals surface area (Å²) in [4.78, 5) is 29.8. The quantitative estimate of drug-likeness (QED) is 0.666. The second-order valence-corrected chi connectivity index (χ2v) is 9.27. The predicted molar refractivity (Wildman–Crippen MR) is 122 cm³/mol. The number of para-hydroxylation sites is 1. The minimum absolute atomic E-state index is 0.0290. The van der Waals surface area contributed by atoms with Gasteiger partial charge in [-0.15, -0.1) is 11.8 Å². The molecule has 2 N–H and O–H groups in total. The van der Waals surface area contributed by atoms with Crippen molar-refractivity contribution in [1.82, 2.24) is 10.2 Å². The van der Waals surface area contributed by atoms with E-state index in [2.05, 4.69) is 32.6 Å². The van der Waals surface area contributed by atoms with Gasteiger partial charge in [-0.2, -0.15) is 13.2 Å². The maximum absolute atomic E-state index is 12.9. The first-order chi connectivity index (χ1) is 15.8. The average Bonchev–Trinajstić information content (AvgIpc) is 2.80. The van der Waals surface area contributed by atoms with Crippen LogP contribution in [-0.4, -0.2) is 61.2 Å². The van der Waals surface area contributed by atoms with E-state index in [4.69, 9.17) is 0 Å². The van der Waals surface area contributed by atoms with Gasteiger partial charge in [0.1, 0.15) is 0 Å². The molecule has 1 fully saturated rings. The van der Waals surface area contributed by atoms with Crippen LogP contribution in [-0.2, 0) is 15.8 Å². The first-order valence-electron chi connectivity index (χ1n) is 10.8. The van der Waals surface area contributed by atoms with Crippen LogP contribution in [0.15, 0.2) is 53.4 Å². The molecule has 2 amide bonds. The van der Waals surface area contributed by atoms with E-state index >= 15 is 0 Å². The fourth-order valence-electron chi connectivity index (χ4n) is 3.92. The van der Waals surface area contributed by atoms with Crippen molar-refractivity contribution >= 4 is 35.0 Å². The number of thioether (sulfide) groups is 1. The smallest absolute Gasteiger partial charge is 0.369 e. The van der Waals surface area contributed by atoms with Gasteiger partial charge in [-0.05, 0) is 30.3 Å². The van der Waals surface area contributed by atoms with Crippen LogP contribution in [0.2, 0.25) is 0 Å². The number of carbonyl (C=O) groups is 2. The van der Waals surface area contributed by atoms with Crippen LogP contribution < -0.4 is 15.5 Å². The van der Waals surface area contributed by atoms with E-state index in [1.165, 1.54) is 11.8 Å². The number of benzene rings is 2. The maximum atomic E-state index is 12.9. The number of amides is 2. The molecule has 1 atom stereocenters. The molecule has 2 aliphatic rings. The Balaban J connectivity index is 1.20. The highest BCUT2D eigenvalue weighted by atomic mass is 32.2. The molecule has 176 valence electrons. The normalized spacial score (nSPS) is 19.1. The third-order valence-corrected chi connectivity index (χ3v) is 7.02. The molecule has 0 radical (unpaired) electrons. The first-order valence-corrected chi connectivity index (χ1v) is 11.7. The summed E-state index contributed by atoms with van der Waals surface area (Å²) in [7, 11) is 0. The Hall–Kier alpha value is -2.72. The number of piperazine rings is 1. The van der Waals surface area contributed by atoms with Gasteiger partial charge in [0, 0.05) is 56.3 Å². The summed E-state index contributed by atoms with van der Waals surface area (Å²) in [5, 5.41) is 4.68. The molecule has 10 heteroatoms. The van der Waals surface area contributed by atoms with Crippen LogP contribution >= 0.6 is 11.8 Å². The Bertz CT molecular complexity index is 995. The van der Waals surface area contributed by atoms with E-state index in [1.807, 2.05) is 18.2 Å². The molecular weight excluding hydrogens is 453 g/mol. The van der Waals surface area contributed by atoms with Gasteiger partial charge in [0.25, 0.3) is 0 Å². The zero-order valence-corrected chi connectivity index (χ0v) is 18.7. The van der Waals surface area contributed by atoms with Crippen LogP contribution in [0.1, 0.15) is 12.0 Å². The topological polar surface area (TPSA) is 64.7 Å². The second-order valence-electron chi connectivity index (χ2n) is 8.02. The summed E-state index contributed by atoms with van der Waals surface area (Å²) in [6.07, 6.45) is -4.51. The highest BCUT2D eigenvalue weighted by Gasteiger charge is 2.34. The van der Waals surface area contributed by atoms with Crippen molar-refractivity contribution < 1.29 is 22.8 Å². The van der Waals surface area contributed by atoms with Crippen LogP contribution in [0.25, 0.3) is 0 Å². The van der Waals surface area contributed by atoms with Crippen molar-refractivity contribution in [2.24, 2.45) is 0 Å². The summed E-state index contributed by atoms with van der Waals surface area (Å²) in [5.41, 5.74) is 0.527. The minimum atomic E-state index is -4.48. The van der Waals surface area contributed by atoms with Crippen molar-refractivity contribution in [2.75, 3.05) is 49.5 Å². The molecule has 0 spiro atoms. The number of nitrogens with zero attached hydrogens (tertiary/aromatic N) is 2. The molecule has 6 nitrogen and oxygen atoms in total. The van der Waals surface area contributed by atoms with Crippen LogP contribution in [0.5, 0.6) is 0 Å². The number of fused-ring (bicyclic) bond motifs is 1. The Morgan fingerprint density at radius 2 is 1.82 bits per heavy atom. The molecule has 0 bridgehead atoms. The number of hydrogen-bond donors (Lipinski definition) is 2. The summed E-state index contributed by atoms with van der Waals surface area (Å²) in [6.45, 7) is 4.86. The number of halogens is 3. The molecule has 2 aliphatic heterocycles. The summed E-state index contributed by atoms with van der Waals surface area (Å²) in [5.74, 6) is -0.708. The van der Waals surface area contributed by atoms with Gasteiger partial charge in [-0.3, -0.25) is 14.5 Å². The lowest BCUT2D eigenvalue weighted by atomic mass is 10.1. The van der Waals surface area contributed by atoms with Crippen molar-refractivity contribution in [1.29, 1.82) is 0 Å². The lowest BCUT2D eigenvalue weighted by Gasteiger charge is -2.36. The van der Waals surface area contributed by atoms with Crippen molar-refractivity contribution in [2.45, 2.75) is 22.7 Å². The third-order valence-electron chi connectivity index (χ3n) is 5.74. The van der Waals surface area contributed by atoms with Gasteiger partial charge in [0.2, 0.25) is 11.8 Å². The van der Waals surface area contributed by atoms with E-state index in [-0.39, 0.29) is 18.0 Å². The lowest BCUT2D eigenvalue weighted by molar-refractivity contribution is -0.137. The van der Waals surface area contributed by atoms with Crippen LogP contribution in [0.3, 0.4) is 0 Å². The highest BCUT2D eigenvalue weighted by molar-refractivity contribution is 8.01. The molecule has 1 saturated heterocycles. The van der Waals surface area contributed by atoms with E-state index in [0.29, 0.717) is 11.4 Å². The zero-order chi connectivity index (χ0) is 23.4. The second kappa shape index (κ2) is 10.0. The number of anilines is 2. The molecule has 0 aliphatic carbocycles. The number of nitrogens with one attached hydrogen (secondary N) is 2. The predicted octanol–water partition coefficient (Wildman–Crippen LogP) is 3.45. The molecule has 2 aromatic carbocycles. The van der Waals surface area contributed by atoms with Gasteiger partial charge in [-0.25, -0.2) is 0 Å². The van der Waals surface area contributed by atoms with E-state index in [0.717, 1.165) is 56.6 Å². The number of hydrogen-bond acceptors (Lipinski definition) is 5. The van der Waals surface area contributed by atoms with E-state index in [9.17, 15) is 22.8 Å². The SMILES string of the molecule is O=C(CC1Sc2ccc(C(F)(F)F)cc2NC1=O)NCCN1CCN(c2ccccc2)CC1. The van der Waals surface area contributed by atoms with E-state index < -0.39 is 22.9 Å². The van der Waals surface area contributed by atoms with E-state index in [1.54, 1.807) is 0 Å². The Kier molecular flexibility index (Phi) is 7.14. The molecule has 2 heterocycles. The van der Waals surface area contributed by atoms with Gasteiger partial charge in [-0.1, -0.05) is 18.2 Å². The van der Waals surface area contributed by atoms with Gasteiger partial charge in [0.15, 0.2) is 0 Å². The largest absolute Gasteiger partial charge is 0.416 e. The fourth-order valence-corrected chi connectivity index (χ4v) is 5.01. The molecule has 0 aromatic heterocycles. The standard InChI is InChI=1S/C23H25F3N4O2S/c24-23(25,26)16-6-7-19-18(14-16)28-22(32)20(33-19)15-21(31)27-8-9-29-10-12-30(13-11-29)17-4-2-1-3-5-17/h1-7,14,20H,8-13,15H2,(H,27,31)(H,28,32). The number of alkyl halides is 3. The molecule has 2 aromatic rings. The lowest BCUT2D eigenvalue weighted by Crippen LogP contribution is -2.48. The van der Waals surface area contributed by atoms with Crippen LogP contribution in [0, 0.1) is 0 Å². The Labute approximate surface area is 194 Å². The summed E-state index contributed by atoms with van der Waals surface area (Å²) >= 11 is 1.12. The molecule has 4 rings (SSSR count). The van der Waals surface area contributed by atoms with Crippen molar-refractivity contribution in [3.8, 4) is 0 Å². The summed E-state index contributed by atoms with van der Waals surface area (Å²) < 4.78 is 38.6. The molecular formula is C23H25F3N4O2S. The molecule has 33 heavy (non-hydrogen) atoms. The van der Waals surface area contributed by atoms with Gasteiger partial charge >= 0.3 is 6.18 Å². The molecule has 1 unspecified atom stereocenters. The minimum Gasteiger partial charge on any atom is -0.369 e. The fraction of sp³-hybridized carbons (Fsp3) is 0.391. The Morgan fingerprint density at radius 3 is 2.52 bits per heavy atom. The molecule has 0 saturated carbocycles. The average molecular weight is 479 g/mol. The monoisotopic (exact) mass is 478 g/mol. The first kappa shape index (κ1) is 23.4. The zero-order valence-electron chi connectivity index (χ0n) is 17.9. The maximum Gasteiger partial charge on any atom is 0.416 e. The number of carbonyl (C=O) groups excluding carboxylic acids is 2.